The molecule has 0 spiro atoms. The van der Waals surface area contributed by atoms with Gasteiger partial charge in [-0.1, -0.05) is 50.1 Å². The topological polar surface area (TPSA) is 75.7 Å². The van der Waals surface area contributed by atoms with Crippen LogP contribution in [-0.2, 0) is 24.0 Å². The lowest BCUT2D eigenvalue weighted by Gasteiger charge is -2.33. The third-order valence-electron chi connectivity index (χ3n) is 6.43. The fraction of sp³-hybridized carbons (Fsp3) is 0.591. The fourth-order valence-corrected chi connectivity index (χ4v) is 6.46. The minimum atomic E-state index is -0.642. The summed E-state index contributed by atoms with van der Waals surface area (Å²) >= 11 is 1.62. The summed E-state index contributed by atoms with van der Waals surface area (Å²) in [5.74, 6) is 0.160. The lowest BCUT2D eigenvalue weighted by atomic mass is 9.86. The molecule has 0 radical (unpaired) electrons. The SMILES string of the molecule is C[C@@H]1CCCC[C@H]1NC(=O)COC(=O)[C@@H]1CS[C@@]2(c3ccccc3)CCC(=O)N12. The second-order valence-corrected chi connectivity index (χ2v) is 9.58. The number of ether oxygens (including phenoxy) is 1. The molecule has 6 nitrogen and oxygen atoms in total. The standard InChI is InChI=1S/C22H28N2O4S/c1-15-7-5-6-10-17(15)23-19(25)13-28-21(27)18-14-29-22(12-11-20(26)24(18)22)16-8-3-2-4-9-16/h2-4,8-9,15,17-18H,5-7,10-14H2,1H3,(H,23,25)/t15-,17-,18+,22-/m1/s1. The largest absolute Gasteiger partial charge is 0.454 e. The van der Waals surface area contributed by atoms with Crippen LogP contribution in [0.5, 0.6) is 0 Å². The van der Waals surface area contributed by atoms with Gasteiger partial charge in [0, 0.05) is 18.2 Å². The molecule has 3 fully saturated rings. The number of carbonyl (C=O) groups is 3. The molecule has 29 heavy (non-hydrogen) atoms. The summed E-state index contributed by atoms with van der Waals surface area (Å²) in [4.78, 5) is 38.8. The van der Waals surface area contributed by atoms with E-state index in [9.17, 15) is 14.4 Å². The average molecular weight is 417 g/mol. The molecule has 1 aliphatic carbocycles. The summed E-state index contributed by atoms with van der Waals surface area (Å²) in [6.07, 6.45) is 5.52. The van der Waals surface area contributed by atoms with Crippen LogP contribution in [0.3, 0.4) is 0 Å². The Labute approximate surface area is 175 Å². The Morgan fingerprint density at radius 1 is 1.24 bits per heavy atom. The lowest BCUT2D eigenvalue weighted by molar-refractivity contribution is -0.156. The smallest absolute Gasteiger partial charge is 0.330 e. The molecule has 1 aromatic rings. The van der Waals surface area contributed by atoms with E-state index >= 15 is 0 Å². The van der Waals surface area contributed by atoms with Crippen LogP contribution in [0.25, 0.3) is 0 Å². The molecule has 2 heterocycles. The van der Waals surface area contributed by atoms with Gasteiger partial charge in [-0.3, -0.25) is 9.59 Å². The molecule has 2 saturated heterocycles. The number of rotatable bonds is 5. The highest BCUT2D eigenvalue weighted by Crippen LogP contribution is 2.54. The van der Waals surface area contributed by atoms with Gasteiger partial charge in [-0.15, -0.1) is 11.8 Å². The molecule has 2 amide bonds. The zero-order chi connectivity index (χ0) is 20.4. The maximum atomic E-state index is 12.8. The van der Waals surface area contributed by atoms with Crippen LogP contribution in [0.1, 0.15) is 51.0 Å². The van der Waals surface area contributed by atoms with Crippen molar-refractivity contribution in [3.63, 3.8) is 0 Å². The van der Waals surface area contributed by atoms with Gasteiger partial charge in [-0.05, 0) is 30.7 Å². The number of nitrogens with one attached hydrogen (secondary N) is 1. The van der Waals surface area contributed by atoms with Gasteiger partial charge < -0.3 is 15.0 Å². The van der Waals surface area contributed by atoms with Crippen molar-refractivity contribution in [1.29, 1.82) is 0 Å². The van der Waals surface area contributed by atoms with Crippen LogP contribution in [-0.4, -0.2) is 47.1 Å². The summed E-state index contributed by atoms with van der Waals surface area (Å²) in [5, 5.41) is 3.00. The van der Waals surface area contributed by atoms with E-state index in [4.69, 9.17) is 4.74 Å². The molecule has 2 aliphatic heterocycles. The van der Waals surface area contributed by atoms with Crippen molar-refractivity contribution in [2.24, 2.45) is 5.92 Å². The molecule has 4 rings (SSSR count). The summed E-state index contributed by atoms with van der Waals surface area (Å²) in [6, 6.07) is 9.37. The van der Waals surface area contributed by atoms with Crippen molar-refractivity contribution in [3.8, 4) is 0 Å². The molecule has 156 valence electrons. The first-order chi connectivity index (χ1) is 14.0. The van der Waals surface area contributed by atoms with E-state index in [1.807, 2.05) is 30.3 Å². The van der Waals surface area contributed by atoms with Gasteiger partial charge in [-0.25, -0.2) is 4.79 Å². The monoisotopic (exact) mass is 416 g/mol. The van der Waals surface area contributed by atoms with Crippen molar-refractivity contribution in [2.45, 2.75) is 62.4 Å². The Balaban J connectivity index is 1.38. The number of carbonyl (C=O) groups excluding carboxylic acids is 3. The van der Waals surface area contributed by atoms with E-state index in [1.165, 1.54) is 6.42 Å². The number of esters is 1. The zero-order valence-electron chi connectivity index (χ0n) is 16.8. The van der Waals surface area contributed by atoms with Crippen LogP contribution < -0.4 is 5.32 Å². The Morgan fingerprint density at radius 3 is 2.76 bits per heavy atom. The Kier molecular flexibility index (Phi) is 5.86. The van der Waals surface area contributed by atoms with Gasteiger partial charge in [0.05, 0.1) is 0 Å². The van der Waals surface area contributed by atoms with E-state index in [-0.39, 0.29) is 24.5 Å². The summed E-state index contributed by atoms with van der Waals surface area (Å²) in [6.45, 7) is 1.86. The van der Waals surface area contributed by atoms with Crippen molar-refractivity contribution < 1.29 is 19.1 Å². The third-order valence-corrected chi connectivity index (χ3v) is 8.02. The first kappa shape index (κ1) is 20.3. The van der Waals surface area contributed by atoms with Crippen LogP contribution >= 0.6 is 11.8 Å². The van der Waals surface area contributed by atoms with E-state index in [2.05, 4.69) is 12.2 Å². The van der Waals surface area contributed by atoms with Gasteiger partial charge in [-0.2, -0.15) is 0 Å². The summed E-state index contributed by atoms with van der Waals surface area (Å²) < 4.78 is 5.34. The predicted octanol–water partition coefficient (Wildman–Crippen LogP) is 2.82. The molecular weight excluding hydrogens is 388 g/mol. The second-order valence-electron chi connectivity index (χ2n) is 8.28. The van der Waals surface area contributed by atoms with Gasteiger partial charge >= 0.3 is 5.97 Å². The fourth-order valence-electron chi connectivity index (χ4n) is 4.83. The number of benzene rings is 1. The number of hydrogen-bond donors (Lipinski definition) is 1. The quantitative estimate of drug-likeness (QED) is 0.747. The summed E-state index contributed by atoms with van der Waals surface area (Å²) in [5.41, 5.74) is 1.04. The van der Waals surface area contributed by atoms with Crippen LogP contribution in [0, 0.1) is 5.92 Å². The molecule has 7 heteroatoms. The highest BCUT2D eigenvalue weighted by atomic mass is 32.2. The third kappa shape index (κ3) is 3.89. The Bertz CT molecular complexity index is 786. The molecule has 0 unspecified atom stereocenters. The summed E-state index contributed by atoms with van der Waals surface area (Å²) in [7, 11) is 0. The number of hydrogen-bond acceptors (Lipinski definition) is 5. The average Bonchev–Trinajstić information content (AvgIpc) is 3.28. The van der Waals surface area contributed by atoms with Gasteiger partial charge in [0.15, 0.2) is 6.61 Å². The number of amides is 2. The molecule has 4 atom stereocenters. The van der Waals surface area contributed by atoms with Crippen LogP contribution in [0.2, 0.25) is 0 Å². The second kappa shape index (κ2) is 8.38. The first-order valence-corrected chi connectivity index (χ1v) is 11.5. The number of fused-ring (bicyclic) bond motifs is 1. The van der Waals surface area contributed by atoms with Crippen molar-refractivity contribution >= 4 is 29.5 Å². The van der Waals surface area contributed by atoms with Crippen LogP contribution in [0.4, 0.5) is 0 Å². The van der Waals surface area contributed by atoms with Gasteiger partial charge in [0.25, 0.3) is 5.91 Å². The van der Waals surface area contributed by atoms with Crippen molar-refractivity contribution in [2.75, 3.05) is 12.4 Å². The number of nitrogens with zero attached hydrogens (tertiary/aromatic N) is 1. The van der Waals surface area contributed by atoms with E-state index < -0.39 is 16.9 Å². The van der Waals surface area contributed by atoms with Crippen molar-refractivity contribution in [3.05, 3.63) is 35.9 Å². The maximum Gasteiger partial charge on any atom is 0.330 e. The maximum absolute atomic E-state index is 12.8. The molecule has 1 aromatic carbocycles. The molecule has 3 aliphatic rings. The predicted molar refractivity (Wildman–Crippen MR) is 111 cm³/mol. The van der Waals surface area contributed by atoms with E-state index in [0.717, 1.165) is 24.8 Å². The Morgan fingerprint density at radius 2 is 2.00 bits per heavy atom. The highest BCUT2D eigenvalue weighted by Gasteiger charge is 2.57. The minimum Gasteiger partial charge on any atom is -0.454 e. The molecule has 1 saturated carbocycles. The molecular formula is C22H28N2O4S. The number of thioether (sulfide) groups is 1. The van der Waals surface area contributed by atoms with Gasteiger partial charge in [0.1, 0.15) is 10.9 Å². The van der Waals surface area contributed by atoms with E-state index in [0.29, 0.717) is 24.5 Å². The molecule has 1 N–H and O–H groups in total. The Hall–Kier alpha value is -2.02. The van der Waals surface area contributed by atoms with E-state index in [1.54, 1.807) is 16.7 Å². The lowest BCUT2D eigenvalue weighted by Crippen LogP contribution is -2.48. The molecule has 0 aromatic heterocycles. The zero-order valence-corrected chi connectivity index (χ0v) is 17.6. The minimum absolute atomic E-state index is 0.0266. The van der Waals surface area contributed by atoms with Crippen LogP contribution in [0.15, 0.2) is 30.3 Å². The van der Waals surface area contributed by atoms with Crippen molar-refractivity contribution in [1.82, 2.24) is 10.2 Å². The van der Waals surface area contributed by atoms with Gasteiger partial charge in [0.2, 0.25) is 5.91 Å². The normalized spacial score (nSPS) is 31.4. The first-order valence-electron chi connectivity index (χ1n) is 10.5. The highest BCUT2D eigenvalue weighted by molar-refractivity contribution is 8.00. The molecule has 0 bridgehead atoms.